The van der Waals surface area contributed by atoms with Gasteiger partial charge in [0.05, 0.1) is 15.5 Å². The third-order valence-electron chi connectivity index (χ3n) is 3.82. The molecule has 2 aromatic carbocycles. The standard InChI is InChI=1S/C18H15N3O3S2/c1-19(2)13-5-3-12(4-6-13)11-16-17(22)20(18(25)26-16)14-7-9-15(10-8-14)21(23)24/h3-11H,1-2H3/b16-11-. The van der Waals surface area contributed by atoms with Gasteiger partial charge >= 0.3 is 0 Å². The highest BCUT2D eigenvalue weighted by Gasteiger charge is 2.33. The van der Waals surface area contributed by atoms with Crippen LogP contribution in [-0.4, -0.2) is 29.2 Å². The Bertz CT molecular complexity index is 906. The van der Waals surface area contributed by atoms with Crippen molar-refractivity contribution in [3.63, 3.8) is 0 Å². The molecule has 1 aliphatic heterocycles. The first kappa shape index (κ1) is 18.1. The van der Waals surface area contributed by atoms with Gasteiger partial charge in [0.25, 0.3) is 11.6 Å². The third-order valence-corrected chi connectivity index (χ3v) is 5.12. The van der Waals surface area contributed by atoms with Crippen LogP contribution in [0.3, 0.4) is 0 Å². The Kier molecular flexibility index (Phi) is 5.06. The molecule has 26 heavy (non-hydrogen) atoms. The monoisotopic (exact) mass is 385 g/mol. The largest absolute Gasteiger partial charge is 0.378 e. The maximum atomic E-state index is 12.7. The van der Waals surface area contributed by atoms with E-state index in [-0.39, 0.29) is 11.6 Å². The SMILES string of the molecule is CN(C)c1ccc(/C=C2\SC(=S)N(c3ccc([N+](=O)[O-])cc3)C2=O)cc1. The zero-order valence-electron chi connectivity index (χ0n) is 14.1. The molecule has 0 saturated carbocycles. The number of amides is 1. The minimum absolute atomic E-state index is 0.0317. The number of non-ortho nitro benzene ring substituents is 1. The van der Waals surface area contributed by atoms with Crippen LogP contribution in [0.1, 0.15) is 5.56 Å². The van der Waals surface area contributed by atoms with Gasteiger partial charge in [0.15, 0.2) is 4.32 Å². The second-order valence-corrected chi connectivity index (χ2v) is 7.45. The molecule has 1 heterocycles. The van der Waals surface area contributed by atoms with Crippen LogP contribution >= 0.6 is 24.0 Å². The molecule has 1 saturated heterocycles. The molecule has 8 heteroatoms. The van der Waals surface area contributed by atoms with Gasteiger partial charge in [-0.05, 0) is 35.9 Å². The van der Waals surface area contributed by atoms with E-state index in [9.17, 15) is 14.9 Å². The van der Waals surface area contributed by atoms with Crippen molar-refractivity contribution < 1.29 is 9.72 Å². The Morgan fingerprint density at radius 2 is 1.73 bits per heavy atom. The average Bonchev–Trinajstić information content (AvgIpc) is 2.89. The maximum Gasteiger partial charge on any atom is 0.270 e. The lowest BCUT2D eigenvalue weighted by molar-refractivity contribution is -0.384. The smallest absolute Gasteiger partial charge is 0.270 e. The summed E-state index contributed by atoms with van der Waals surface area (Å²) in [5.74, 6) is -0.231. The van der Waals surface area contributed by atoms with Crippen molar-refractivity contribution in [3.05, 3.63) is 69.1 Å². The van der Waals surface area contributed by atoms with Crippen molar-refractivity contribution in [2.24, 2.45) is 0 Å². The molecule has 1 amide bonds. The molecule has 0 radical (unpaired) electrons. The molecule has 1 aliphatic rings. The van der Waals surface area contributed by atoms with Gasteiger partial charge in [-0.2, -0.15) is 0 Å². The van der Waals surface area contributed by atoms with Gasteiger partial charge in [-0.25, -0.2) is 0 Å². The van der Waals surface area contributed by atoms with Gasteiger partial charge in [0, 0.05) is 31.9 Å². The molecule has 0 atom stereocenters. The first-order valence-electron chi connectivity index (χ1n) is 7.66. The van der Waals surface area contributed by atoms with Crippen LogP contribution in [0.4, 0.5) is 17.1 Å². The number of benzene rings is 2. The van der Waals surface area contributed by atoms with Crippen LogP contribution in [0.15, 0.2) is 53.4 Å². The Morgan fingerprint density at radius 3 is 2.27 bits per heavy atom. The van der Waals surface area contributed by atoms with E-state index in [4.69, 9.17) is 12.2 Å². The van der Waals surface area contributed by atoms with E-state index in [0.29, 0.717) is 14.9 Å². The molecule has 2 aromatic rings. The van der Waals surface area contributed by atoms with E-state index in [2.05, 4.69) is 0 Å². The van der Waals surface area contributed by atoms with E-state index < -0.39 is 4.92 Å². The fraction of sp³-hybridized carbons (Fsp3) is 0.111. The first-order valence-corrected chi connectivity index (χ1v) is 8.89. The van der Waals surface area contributed by atoms with E-state index in [1.165, 1.54) is 40.9 Å². The predicted molar refractivity (Wildman–Crippen MR) is 110 cm³/mol. The summed E-state index contributed by atoms with van der Waals surface area (Å²) in [7, 11) is 3.93. The number of thioether (sulfide) groups is 1. The van der Waals surface area contributed by atoms with E-state index in [1.54, 1.807) is 6.08 Å². The summed E-state index contributed by atoms with van der Waals surface area (Å²) in [4.78, 5) is 26.9. The highest BCUT2D eigenvalue weighted by Crippen LogP contribution is 2.36. The van der Waals surface area contributed by atoms with Crippen LogP contribution in [0.25, 0.3) is 6.08 Å². The predicted octanol–water partition coefficient (Wildman–Crippen LogP) is 4.07. The lowest BCUT2D eigenvalue weighted by Crippen LogP contribution is -2.27. The maximum absolute atomic E-state index is 12.7. The summed E-state index contributed by atoms with van der Waals surface area (Å²) in [5, 5.41) is 10.8. The zero-order chi connectivity index (χ0) is 18.8. The average molecular weight is 385 g/mol. The summed E-state index contributed by atoms with van der Waals surface area (Å²) in [5.41, 5.74) is 2.46. The van der Waals surface area contributed by atoms with Crippen molar-refractivity contribution in [3.8, 4) is 0 Å². The molecular weight excluding hydrogens is 370 g/mol. The summed E-state index contributed by atoms with van der Waals surface area (Å²) in [6, 6.07) is 13.6. The van der Waals surface area contributed by atoms with Gasteiger partial charge < -0.3 is 4.90 Å². The van der Waals surface area contributed by atoms with Crippen LogP contribution in [0, 0.1) is 10.1 Å². The van der Waals surface area contributed by atoms with Crippen LogP contribution in [-0.2, 0) is 4.79 Å². The van der Waals surface area contributed by atoms with Crippen molar-refractivity contribution in [2.75, 3.05) is 23.9 Å². The highest BCUT2D eigenvalue weighted by atomic mass is 32.2. The lowest BCUT2D eigenvalue weighted by atomic mass is 10.2. The number of rotatable bonds is 4. The number of carbonyl (C=O) groups excluding carboxylic acids is 1. The van der Waals surface area contributed by atoms with Gasteiger partial charge in [-0.15, -0.1) is 0 Å². The summed E-state index contributed by atoms with van der Waals surface area (Å²) in [6.45, 7) is 0. The number of thiocarbonyl (C=S) groups is 1. The summed E-state index contributed by atoms with van der Waals surface area (Å²) < 4.78 is 0.403. The minimum atomic E-state index is -0.481. The first-order chi connectivity index (χ1) is 12.4. The molecule has 0 aromatic heterocycles. The van der Waals surface area contributed by atoms with Gasteiger partial charge in [0.1, 0.15) is 0 Å². The van der Waals surface area contributed by atoms with E-state index in [0.717, 1.165) is 11.3 Å². The molecule has 0 bridgehead atoms. The Hall–Kier alpha value is -2.71. The number of carbonyl (C=O) groups is 1. The number of nitro groups is 1. The topological polar surface area (TPSA) is 66.7 Å². The van der Waals surface area contributed by atoms with Crippen molar-refractivity contribution >= 4 is 57.3 Å². The van der Waals surface area contributed by atoms with Crippen LogP contribution in [0.2, 0.25) is 0 Å². The fourth-order valence-corrected chi connectivity index (χ4v) is 3.73. The number of nitrogens with zero attached hydrogens (tertiary/aromatic N) is 3. The van der Waals surface area contributed by atoms with Gasteiger partial charge in [-0.1, -0.05) is 36.1 Å². The lowest BCUT2D eigenvalue weighted by Gasteiger charge is -2.14. The Morgan fingerprint density at radius 1 is 1.12 bits per heavy atom. The molecule has 0 spiro atoms. The summed E-state index contributed by atoms with van der Waals surface area (Å²) >= 11 is 6.54. The molecule has 0 unspecified atom stereocenters. The second kappa shape index (κ2) is 7.27. The number of nitro benzene ring substituents is 1. The highest BCUT2D eigenvalue weighted by molar-refractivity contribution is 8.27. The van der Waals surface area contributed by atoms with Crippen LogP contribution < -0.4 is 9.80 Å². The van der Waals surface area contributed by atoms with E-state index in [1.807, 2.05) is 43.3 Å². The van der Waals surface area contributed by atoms with Crippen molar-refractivity contribution in [2.45, 2.75) is 0 Å². The molecule has 3 rings (SSSR count). The van der Waals surface area contributed by atoms with Crippen molar-refractivity contribution in [1.82, 2.24) is 0 Å². The van der Waals surface area contributed by atoms with Crippen LogP contribution in [0.5, 0.6) is 0 Å². The molecule has 0 N–H and O–H groups in total. The van der Waals surface area contributed by atoms with Gasteiger partial charge in [0.2, 0.25) is 0 Å². The number of anilines is 2. The molecular formula is C18H15N3O3S2. The van der Waals surface area contributed by atoms with Crippen molar-refractivity contribution in [1.29, 1.82) is 0 Å². The molecule has 0 aliphatic carbocycles. The normalized spacial score (nSPS) is 15.6. The second-order valence-electron chi connectivity index (χ2n) is 5.78. The zero-order valence-corrected chi connectivity index (χ0v) is 15.7. The fourth-order valence-electron chi connectivity index (χ4n) is 2.43. The van der Waals surface area contributed by atoms with E-state index >= 15 is 0 Å². The number of hydrogen-bond acceptors (Lipinski definition) is 6. The Balaban J connectivity index is 1.85. The third kappa shape index (κ3) is 3.61. The van der Waals surface area contributed by atoms with Gasteiger partial charge in [-0.3, -0.25) is 19.8 Å². The quantitative estimate of drug-likeness (QED) is 0.342. The summed E-state index contributed by atoms with van der Waals surface area (Å²) in [6.07, 6.45) is 1.80. The molecule has 1 fully saturated rings. The Labute approximate surface area is 160 Å². The molecule has 6 nitrogen and oxygen atoms in total. The minimum Gasteiger partial charge on any atom is -0.378 e. The number of hydrogen-bond donors (Lipinski definition) is 0. The molecule has 132 valence electrons.